The van der Waals surface area contributed by atoms with Crippen LogP contribution in [0.3, 0.4) is 0 Å². The van der Waals surface area contributed by atoms with Gasteiger partial charge in [-0.05, 0) is 39.3 Å². The number of amides is 1. The second-order valence-electron chi connectivity index (χ2n) is 5.68. The van der Waals surface area contributed by atoms with E-state index in [1.54, 1.807) is 0 Å². The molecule has 1 saturated carbocycles. The molecule has 0 atom stereocenters. The van der Waals surface area contributed by atoms with Gasteiger partial charge in [0.05, 0.1) is 11.3 Å². The van der Waals surface area contributed by atoms with Gasteiger partial charge in [-0.25, -0.2) is 0 Å². The number of benzene rings is 1. The number of hydrogen-bond donors (Lipinski definition) is 1. The Balaban J connectivity index is 1.58. The van der Waals surface area contributed by atoms with Crippen molar-refractivity contribution < 1.29 is 9.72 Å². The maximum atomic E-state index is 12.1. The Hall–Kier alpha value is -2.22. The summed E-state index contributed by atoms with van der Waals surface area (Å²) in [5, 5.41) is 17.4. The molecule has 0 unspecified atom stereocenters. The van der Waals surface area contributed by atoms with E-state index in [2.05, 4.69) is 38.5 Å². The molecule has 0 aliphatic heterocycles. The second-order valence-corrected chi connectivity index (χ2v) is 6.53. The van der Waals surface area contributed by atoms with E-state index in [9.17, 15) is 14.9 Å². The number of nitrogens with zero attached hydrogens (tertiary/aromatic N) is 3. The molecule has 8 heteroatoms. The molecule has 7 nitrogen and oxygen atoms in total. The summed E-state index contributed by atoms with van der Waals surface area (Å²) < 4.78 is 1.53. The maximum Gasteiger partial charge on any atom is 0.404 e. The number of aromatic nitrogens is 2. The Morgan fingerprint density at radius 2 is 2.09 bits per heavy atom. The zero-order valence-corrected chi connectivity index (χ0v) is 13.8. The summed E-state index contributed by atoms with van der Waals surface area (Å²) in [4.78, 5) is 22.2. The molecule has 1 aliphatic rings. The Morgan fingerprint density at radius 1 is 1.39 bits per heavy atom. The van der Waals surface area contributed by atoms with Gasteiger partial charge in [0.2, 0.25) is 5.91 Å². The number of carbonyl (C=O) groups excluding carboxylic acids is 1. The monoisotopic (exact) mass is 378 g/mol. The number of halogens is 1. The number of nitro groups is 1. The third kappa shape index (κ3) is 3.42. The highest BCUT2D eigenvalue weighted by Gasteiger charge is 2.44. The molecule has 23 heavy (non-hydrogen) atoms. The van der Waals surface area contributed by atoms with Crippen LogP contribution in [0.2, 0.25) is 0 Å². The summed E-state index contributed by atoms with van der Waals surface area (Å²) in [6.07, 6.45) is 3.54. The van der Waals surface area contributed by atoms with Gasteiger partial charge in [-0.2, -0.15) is 4.68 Å². The number of rotatable bonds is 6. The molecule has 1 aromatic carbocycles. The summed E-state index contributed by atoms with van der Waals surface area (Å²) in [5.74, 6) is -0.502. The molecule has 1 aliphatic carbocycles. The van der Waals surface area contributed by atoms with E-state index in [4.69, 9.17) is 0 Å². The van der Waals surface area contributed by atoms with Crippen LogP contribution in [0.15, 0.2) is 41.0 Å². The lowest BCUT2D eigenvalue weighted by Crippen LogP contribution is -2.34. The van der Waals surface area contributed by atoms with Crippen LogP contribution in [0, 0.1) is 10.1 Å². The van der Waals surface area contributed by atoms with Crippen LogP contribution in [0.4, 0.5) is 5.82 Å². The number of nitrogens with one attached hydrogen (secondary N) is 1. The normalized spacial score (nSPS) is 15.2. The Bertz CT molecular complexity index is 740. The summed E-state index contributed by atoms with van der Waals surface area (Å²) in [5.41, 5.74) is 1.27. The summed E-state index contributed by atoms with van der Waals surface area (Å²) in [6.45, 7) is 0.525. The summed E-state index contributed by atoms with van der Waals surface area (Å²) in [7, 11) is 0. The molecule has 1 aromatic heterocycles. The van der Waals surface area contributed by atoms with Gasteiger partial charge in [0.15, 0.2) is 0 Å². The minimum absolute atomic E-state index is 0.0353. The van der Waals surface area contributed by atoms with Crippen LogP contribution >= 0.6 is 15.9 Å². The van der Waals surface area contributed by atoms with Crippen molar-refractivity contribution in [2.24, 2.45) is 0 Å². The van der Waals surface area contributed by atoms with E-state index in [1.165, 1.54) is 16.4 Å². The molecule has 1 heterocycles. The highest BCUT2D eigenvalue weighted by Crippen LogP contribution is 2.47. The zero-order chi connectivity index (χ0) is 16.4. The van der Waals surface area contributed by atoms with Crippen molar-refractivity contribution in [2.75, 3.05) is 6.54 Å². The van der Waals surface area contributed by atoms with E-state index >= 15 is 0 Å². The van der Waals surface area contributed by atoms with E-state index in [0.29, 0.717) is 6.54 Å². The van der Waals surface area contributed by atoms with Gasteiger partial charge in [0, 0.05) is 12.0 Å². The van der Waals surface area contributed by atoms with Gasteiger partial charge in [-0.1, -0.05) is 30.3 Å². The highest BCUT2D eigenvalue weighted by atomic mass is 79.9. The van der Waals surface area contributed by atoms with Gasteiger partial charge < -0.3 is 15.4 Å². The third-order valence-electron chi connectivity index (χ3n) is 4.04. The van der Waals surface area contributed by atoms with Crippen molar-refractivity contribution in [1.29, 1.82) is 0 Å². The second kappa shape index (κ2) is 6.11. The van der Waals surface area contributed by atoms with Gasteiger partial charge >= 0.3 is 5.82 Å². The molecular formula is C15H15BrN4O3. The van der Waals surface area contributed by atoms with Crippen LogP contribution in [-0.2, 0) is 16.8 Å². The zero-order valence-electron chi connectivity index (χ0n) is 12.2. The first-order chi connectivity index (χ1) is 11.0. The first kappa shape index (κ1) is 15.7. The minimum atomic E-state index is -0.590. The van der Waals surface area contributed by atoms with Crippen molar-refractivity contribution in [3.63, 3.8) is 0 Å². The predicted molar refractivity (Wildman–Crippen MR) is 86.9 cm³/mol. The first-order valence-corrected chi connectivity index (χ1v) is 7.99. The van der Waals surface area contributed by atoms with E-state index in [0.717, 1.165) is 12.8 Å². The summed E-state index contributed by atoms with van der Waals surface area (Å²) >= 11 is 3.06. The molecule has 1 fully saturated rings. The van der Waals surface area contributed by atoms with Gasteiger partial charge in [0.1, 0.15) is 11.0 Å². The van der Waals surface area contributed by atoms with Gasteiger partial charge in [0.25, 0.3) is 0 Å². The standard InChI is InChI=1S/C15H15BrN4O3/c16-12-8-19(18-14(12)20(22)23)9-13(21)17-10-15(6-7-15)11-4-2-1-3-5-11/h1-5,8H,6-7,9-10H2,(H,17,21). The van der Waals surface area contributed by atoms with Crippen molar-refractivity contribution in [3.8, 4) is 0 Å². The van der Waals surface area contributed by atoms with Crippen LogP contribution in [0.25, 0.3) is 0 Å². The number of hydrogen-bond acceptors (Lipinski definition) is 4. The fraction of sp³-hybridized carbons (Fsp3) is 0.333. The lowest BCUT2D eigenvalue weighted by atomic mass is 9.96. The van der Waals surface area contributed by atoms with E-state index in [-0.39, 0.29) is 28.2 Å². The molecule has 120 valence electrons. The molecule has 0 saturated heterocycles. The van der Waals surface area contributed by atoms with Crippen LogP contribution in [0.5, 0.6) is 0 Å². The lowest BCUT2D eigenvalue weighted by Gasteiger charge is -2.16. The predicted octanol–water partition coefficient (Wildman–Crippen LogP) is 2.40. The lowest BCUT2D eigenvalue weighted by molar-refractivity contribution is -0.390. The Morgan fingerprint density at radius 3 is 2.65 bits per heavy atom. The smallest absolute Gasteiger partial charge is 0.358 e. The largest absolute Gasteiger partial charge is 0.404 e. The molecule has 0 bridgehead atoms. The fourth-order valence-electron chi connectivity index (χ4n) is 2.57. The van der Waals surface area contributed by atoms with Crippen molar-refractivity contribution >= 4 is 27.7 Å². The van der Waals surface area contributed by atoms with Crippen molar-refractivity contribution in [2.45, 2.75) is 24.8 Å². The quantitative estimate of drug-likeness (QED) is 0.617. The Labute approximate surface area is 141 Å². The van der Waals surface area contributed by atoms with Gasteiger partial charge in [-0.3, -0.25) is 4.79 Å². The molecule has 0 spiro atoms. The summed E-state index contributed by atoms with van der Waals surface area (Å²) in [6, 6.07) is 10.1. The molecule has 1 amide bonds. The molecule has 2 aromatic rings. The molecule has 1 N–H and O–H groups in total. The molecule has 3 rings (SSSR count). The minimum Gasteiger partial charge on any atom is -0.358 e. The van der Waals surface area contributed by atoms with Crippen molar-refractivity contribution in [3.05, 3.63) is 56.7 Å². The van der Waals surface area contributed by atoms with E-state index in [1.807, 2.05) is 18.2 Å². The van der Waals surface area contributed by atoms with Crippen LogP contribution in [-0.4, -0.2) is 27.2 Å². The maximum absolute atomic E-state index is 12.1. The fourth-order valence-corrected chi connectivity index (χ4v) is 3.03. The third-order valence-corrected chi connectivity index (χ3v) is 4.60. The van der Waals surface area contributed by atoms with Crippen molar-refractivity contribution in [1.82, 2.24) is 15.1 Å². The average Bonchev–Trinajstić information content (AvgIpc) is 3.24. The molecule has 0 radical (unpaired) electrons. The van der Waals surface area contributed by atoms with Crippen LogP contribution in [0.1, 0.15) is 18.4 Å². The SMILES string of the molecule is O=C(Cn1cc(Br)c([N+](=O)[O-])n1)NCC1(c2ccccc2)CC1. The number of carbonyl (C=O) groups is 1. The average molecular weight is 379 g/mol. The van der Waals surface area contributed by atoms with E-state index < -0.39 is 4.92 Å². The van der Waals surface area contributed by atoms with Crippen LogP contribution < -0.4 is 5.32 Å². The topological polar surface area (TPSA) is 90.1 Å². The molecular weight excluding hydrogens is 364 g/mol. The Kier molecular flexibility index (Phi) is 4.16. The highest BCUT2D eigenvalue weighted by molar-refractivity contribution is 9.10. The van der Waals surface area contributed by atoms with Gasteiger partial charge in [-0.15, -0.1) is 0 Å². The first-order valence-electron chi connectivity index (χ1n) is 7.20.